The van der Waals surface area contributed by atoms with Crippen molar-refractivity contribution >= 4 is 27.6 Å². The third-order valence-electron chi connectivity index (χ3n) is 3.26. The highest BCUT2D eigenvalue weighted by molar-refractivity contribution is 9.10. The average molecular weight is 284 g/mol. The molecular formula is C12H14BrNO2. The molecule has 0 atom stereocenters. The highest BCUT2D eigenvalue weighted by Crippen LogP contribution is 2.41. The van der Waals surface area contributed by atoms with E-state index in [9.17, 15) is 9.90 Å². The smallest absolute Gasteiger partial charge is 0.311 e. The van der Waals surface area contributed by atoms with Crippen LogP contribution in [0.25, 0.3) is 0 Å². The van der Waals surface area contributed by atoms with Crippen molar-refractivity contribution in [3.05, 3.63) is 28.7 Å². The summed E-state index contributed by atoms with van der Waals surface area (Å²) < 4.78 is 0.967. The molecule has 0 spiro atoms. The minimum atomic E-state index is -0.682. The van der Waals surface area contributed by atoms with Gasteiger partial charge in [-0.1, -0.05) is 18.6 Å². The van der Waals surface area contributed by atoms with Crippen LogP contribution in [0.5, 0.6) is 0 Å². The fraction of sp³-hybridized carbons (Fsp3) is 0.417. The first-order valence-electron chi connectivity index (χ1n) is 5.36. The standard InChI is InChI=1S/C12H14BrNO2/c13-9-4-1-2-5-10(9)14-8-12(11(15)16)6-3-7-12/h1-2,4-5,14H,3,6-8H2,(H,15,16). The molecule has 1 fully saturated rings. The molecule has 0 aliphatic heterocycles. The first-order valence-corrected chi connectivity index (χ1v) is 6.15. The fourth-order valence-corrected chi connectivity index (χ4v) is 2.36. The predicted octanol–water partition coefficient (Wildman–Crippen LogP) is 3.12. The number of carbonyl (C=O) groups is 1. The van der Waals surface area contributed by atoms with Gasteiger partial charge in [0.1, 0.15) is 0 Å². The summed E-state index contributed by atoms with van der Waals surface area (Å²) in [6.07, 6.45) is 2.57. The molecule has 1 saturated carbocycles. The van der Waals surface area contributed by atoms with Crippen LogP contribution in [0, 0.1) is 5.41 Å². The summed E-state index contributed by atoms with van der Waals surface area (Å²) in [4.78, 5) is 11.2. The van der Waals surface area contributed by atoms with E-state index in [-0.39, 0.29) is 0 Å². The van der Waals surface area contributed by atoms with E-state index in [0.29, 0.717) is 6.54 Å². The number of aliphatic carboxylic acids is 1. The Morgan fingerprint density at radius 2 is 2.12 bits per heavy atom. The third-order valence-corrected chi connectivity index (χ3v) is 3.95. The molecule has 0 bridgehead atoms. The Hall–Kier alpha value is -1.03. The number of benzene rings is 1. The van der Waals surface area contributed by atoms with Gasteiger partial charge in [-0.3, -0.25) is 4.79 Å². The zero-order valence-electron chi connectivity index (χ0n) is 8.87. The topological polar surface area (TPSA) is 49.3 Å². The lowest BCUT2D eigenvalue weighted by Crippen LogP contribution is -2.43. The average Bonchev–Trinajstić information content (AvgIpc) is 2.18. The van der Waals surface area contributed by atoms with Crippen LogP contribution >= 0.6 is 15.9 Å². The molecule has 4 heteroatoms. The molecule has 0 heterocycles. The first-order chi connectivity index (χ1) is 7.64. The molecule has 0 saturated heterocycles. The highest BCUT2D eigenvalue weighted by Gasteiger charge is 2.44. The molecule has 2 N–H and O–H groups in total. The molecule has 1 aromatic rings. The number of rotatable bonds is 4. The normalized spacial score (nSPS) is 17.6. The number of halogens is 1. The van der Waals surface area contributed by atoms with Gasteiger partial charge in [0.15, 0.2) is 0 Å². The number of carboxylic acid groups (broad SMARTS) is 1. The summed E-state index contributed by atoms with van der Waals surface area (Å²) in [6.45, 7) is 0.505. The van der Waals surface area contributed by atoms with Gasteiger partial charge < -0.3 is 10.4 Å². The molecule has 1 aromatic carbocycles. The summed E-state index contributed by atoms with van der Waals surface area (Å²) in [7, 11) is 0. The lowest BCUT2D eigenvalue weighted by Gasteiger charge is -2.38. The molecule has 86 valence electrons. The van der Waals surface area contributed by atoms with Crippen LogP contribution in [0.15, 0.2) is 28.7 Å². The Morgan fingerprint density at radius 1 is 1.44 bits per heavy atom. The van der Waals surface area contributed by atoms with E-state index in [1.807, 2.05) is 24.3 Å². The van der Waals surface area contributed by atoms with Crippen molar-refractivity contribution in [1.29, 1.82) is 0 Å². The molecule has 1 aliphatic carbocycles. The van der Waals surface area contributed by atoms with Gasteiger partial charge >= 0.3 is 5.97 Å². The van der Waals surface area contributed by atoms with Crippen molar-refractivity contribution in [2.45, 2.75) is 19.3 Å². The Morgan fingerprint density at radius 3 is 2.62 bits per heavy atom. The maximum Gasteiger partial charge on any atom is 0.311 e. The lowest BCUT2D eigenvalue weighted by atomic mass is 9.69. The van der Waals surface area contributed by atoms with Gasteiger partial charge in [-0.2, -0.15) is 0 Å². The van der Waals surface area contributed by atoms with Crippen molar-refractivity contribution in [3.63, 3.8) is 0 Å². The monoisotopic (exact) mass is 283 g/mol. The van der Waals surface area contributed by atoms with Gasteiger partial charge in [-0.15, -0.1) is 0 Å². The minimum absolute atomic E-state index is 0.505. The van der Waals surface area contributed by atoms with E-state index in [2.05, 4.69) is 21.2 Å². The number of nitrogens with one attached hydrogen (secondary N) is 1. The van der Waals surface area contributed by atoms with Gasteiger partial charge in [-0.25, -0.2) is 0 Å². The van der Waals surface area contributed by atoms with E-state index in [0.717, 1.165) is 29.4 Å². The van der Waals surface area contributed by atoms with Gasteiger partial charge in [0.05, 0.1) is 5.41 Å². The minimum Gasteiger partial charge on any atom is -0.481 e. The number of carboxylic acids is 1. The third kappa shape index (κ3) is 2.07. The van der Waals surface area contributed by atoms with Crippen molar-refractivity contribution < 1.29 is 9.90 Å². The van der Waals surface area contributed by atoms with Gasteiger partial charge in [0.2, 0.25) is 0 Å². The second-order valence-corrected chi connectivity index (χ2v) is 5.13. The zero-order chi connectivity index (χ0) is 11.6. The molecule has 0 aromatic heterocycles. The van der Waals surface area contributed by atoms with Crippen LogP contribution in [-0.4, -0.2) is 17.6 Å². The molecular weight excluding hydrogens is 270 g/mol. The molecule has 16 heavy (non-hydrogen) atoms. The van der Waals surface area contributed by atoms with Crippen LogP contribution in [0.4, 0.5) is 5.69 Å². The van der Waals surface area contributed by atoms with Gasteiger partial charge in [0, 0.05) is 16.7 Å². The maximum absolute atomic E-state index is 11.2. The number of anilines is 1. The summed E-state index contributed by atoms with van der Waals surface area (Å²) in [6, 6.07) is 7.75. The summed E-state index contributed by atoms with van der Waals surface area (Å²) >= 11 is 3.43. The summed E-state index contributed by atoms with van der Waals surface area (Å²) in [5.74, 6) is -0.682. The summed E-state index contributed by atoms with van der Waals surface area (Å²) in [5.41, 5.74) is 0.407. The Bertz CT molecular complexity index is 402. The van der Waals surface area contributed by atoms with E-state index in [1.165, 1.54) is 0 Å². The molecule has 0 radical (unpaired) electrons. The van der Waals surface area contributed by atoms with Crippen LogP contribution < -0.4 is 5.32 Å². The fourth-order valence-electron chi connectivity index (χ4n) is 1.94. The van der Waals surface area contributed by atoms with Gasteiger partial charge in [0.25, 0.3) is 0 Å². The maximum atomic E-state index is 11.2. The molecule has 1 aliphatic rings. The van der Waals surface area contributed by atoms with E-state index < -0.39 is 11.4 Å². The SMILES string of the molecule is O=C(O)C1(CNc2ccccc2Br)CCC1. The molecule has 0 unspecified atom stereocenters. The van der Waals surface area contributed by atoms with Crippen LogP contribution in [0.2, 0.25) is 0 Å². The number of hydrogen-bond donors (Lipinski definition) is 2. The van der Waals surface area contributed by atoms with E-state index in [1.54, 1.807) is 0 Å². The lowest BCUT2D eigenvalue weighted by molar-refractivity contribution is -0.153. The van der Waals surface area contributed by atoms with Crippen LogP contribution in [0.3, 0.4) is 0 Å². The molecule has 2 rings (SSSR count). The second-order valence-electron chi connectivity index (χ2n) is 4.27. The molecule has 0 amide bonds. The van der Waals surface area contributed by atoms with Crippen LogP contribution in [0.1, 0.15) is 19.3 Å². The van der Waals surface area contributed by atoms with Crippen molar-refractivity contribution in [2.75, 3.05) is 11.9 Å². The predicted molar refractivity (Wildman–Crippen MR) is 66.6 cm³/mol. The van der Waals surface area contributed by atoms with Gasteiger partial charge in [-0.05, 0) is 40.9 Å². The first kappa shape index (κ1) is 11.5. The Balaban J connectivity index is 2.02. The number of hydrogen-bond acceptors (Lipinski definition) is 2. The Kier molecular flexibility index (Phi) is 3.19. The summed E-state index contributed by atoms with van der Waals surface area (Å²) in [5, 5.41) is 12.4. The van der Waals surface area contributed by atoms with Crippen molar-refractivity contribution in [2.24, 2.45) is 5.41 Å². The van der Waals surface area contributed by atoms with Crippen LogP contribution in [-0.2, 0) is 4.79 Å². The largest absolute Gasteiger partial charge is 0.481 e. The zero-order valence-corrected chi connectivity index (χ0v) is 10.5. The second kappa shape index (κ2) is 4.45. The van der Waals surface area contributed by atoms with E-state index >= 15 is 0 Å². The van der Waals surface area contributed by atoms with Crippen molar-refractivity contribution in [3.8, 4) is 0 Å². The number of para-hydroxylation sites is 1. The Labute approximate surface area is 103 Å². The quantitative estimate of drug-likeness (QED) is 0.893. The molecule has 3 nitrogen and oxygen atoms in total. The highest BCUT2D eigenvalue weighted by atomic mass is 79.9. The van der Waals surface area contributed by atoms with Crippen molar-refractivity contribution in [1.82, 2.24) is 0 Å². The van der Waals surface area contributed by atoms with E-state index in [4.69, 9.17) is 0 Å².